The van der Waals surface area contributed by atoms with Gasteiger partial charge in [0.25, 0.3) is 0 Å². The Bertz CT molecular complexity index is 658. The first-order chi connectivity index (χ1) is 13.0. The van der Waals surface area contributed by atoms with Crippen LogP contribution in [0.15, 0.2) is 18.2 Å². The normalized spacial score (nSPS) is 17.4. The molecule has 0 spiro atoms. The molecule has 5 heteroatoms. The number of nitriles is 1. The van der Waals surface area contributed by atoms with Crippen LogP contribution in [0.1, 0.15) is 64.9 Å². The van der Waals surface area contributed by atoms with Gasteiger partial charge in [0.15, 0.2) is 0 Å². The van der Waals surface area contributed by atoms with E-state index in [-0.39, 0.29) is 11.4 Å². The number of hydrogen-bond donors (Lipinski definition) is 0. The Morgan fingerprint density at radius 3 is 2.59 bits per heavy atom. The summed E-state index contributed by atoms with van der Waals surface area (Å²) in [5.41, 5.74) is 0.882. The molecular formula is C22H32FN3O. The van der Waals surface area contributed by atoms with Crippen LogP contribution < -0.4 is 4.90 Å². The van der Waals surface area contributed by atoms with Crippen molar-refractivity contribution in [1.82, 2.24) is 4.90 Å². The molecule has 0 aliphatic carbocycles. The van der Waals surface area contributed by atoms with Gasteiger partial charge in [0.1, 0.15) is 5.82 Å². The topological polar surface area (TPSA) is 47.3 Å². The summed E-state index contributed by atoms with van der Waals surface area (Å²) in [6.07, 6.45) is 6.97. The zero-order chi connectivity index (χ0) is 19.9. The maximum atomic E-state index is 14.4. The number of anilines is 1. The first-order valence-electron chi connectivity index (χ1n) is 10.2. The molecule has 1 heterocycles. The summed E-state index contributed by atoms with van der Waals surface area (Å²) >= 11 is 0. The van der Waals surface area contributed by atoms with Gasteiger partial charge in [-0.1, -0.05) is 20.8 Å². The SMILES string of the molecule is CCC(CC)(CC)N(C=O)CCC1CCCN(c2ccc(C#N)cc2F)C1. The predicted octanol–water partition coefficient (Wildman–Crippen LogP) is 4.73. The van der Waals surface area contributed by atoms with Crippen LogP contribution in [-0.4, -0.2) is 36.5 Å². The molecule has 1 saturated heterocycles. The Hall–Kier alpha value is -2.09. The minimum Gasteiger partial charge on any atom is -0.369 e. The average molecular weight is 374 g/mol. The molecule has 1 aliphatic heterocycles. The highest BCUT2D eigenvalue weighted by atomic mass is 19.1. The van der Waals surface area contributed by atoms with Gasteiger partial charge in [-0.25, -0.2) is 4.39 Å². The van der Waals surface area contributed by atoms with Crippen LogP contribution in [0.5, 0.6) is 0 Å². The zero-order valence-electron chi connectivity index (χ0n) is 16.9. The molecule has 0 radical (unpaired) electrons. The van der Waals surface area contributed by atoms with Gasteiger partial charge in [0, 0.05) is 25.2 Å². The minimum absolute atomic E-state index is 0.0463. The Morgan fingerprint density at radius 2 is 2.04 bits per heavy atom. The van der Waals surface area contributed by atoms with E-state index in [9.17, 15) is 9.18 Å². The van der Waals surface area contributed by atoms with Crippen molar-refractivity contribution in [1.29, 1.82) is 5.26 Å². The highest BCUT2D eigenvalue weighted by Gasteiger charge is 2.31. The number of amides is 1. The fourth-order valence-electron chi connectivity index (χ4n) is 4.44. The van der Waals surface area contributed by atoms with Gasteiger partial charge in [-0.05, 0) is 62.6 Å². The maximum absolute atomic E-state index is 14.4. The van der Waals surface area contributed by atoms with E-state index in [1.54, 1.807) is 12.1 Å². The minimum atomic E-state index is -0.328. The molecule has 1 amide bonds. The van der Waals surface area contributed by atoms with E-state index in [1.807, 2.05) is 11.0 Å². The Morgan fingerprint density at radius 1 is 1.33 bits per heavy atom. The molecule has 0 N–H and O–H groups in total. The molecule has 1 unspecified atom stereocenters. The van der Waals surface area contributed by atoms with Crippen molar-refractivity contribution in [3.05, 3.63) is 29.6 Å². The zero-order valence-corrected chi connectivity index (χ0v) is 16.9. The van der Waals surface area contributed by atoms with Crippen LogP contribution in [-0.2, 0) is 4.79 Å². The van der Waals surface area contributed by atoms with E-state index in [2.05, 4.69) is 25.7 Å². The molecule has 148 valence electrons. The number of rotatable bonds is 9. The van der Waals surface area contributed by atoms with Crippen LogP contribution in [0.2, 0.25) is 0 Å². The molecule has 1 fully saturated rings. The molecule has 2 rings (SSSR count). The van der Waals surface area contributed by atoms with Crippen molar-refractivity contribution < 1.29 is 9.18 Å². The van der Waals surface area contributed by atoms with Gasteiger partial charge in [-0.3, -0.25) is 4.79 Å². The highest BCUT2D eigenvalue weighted by molar-refractivity contribution is 5.51. The van der Waals surface area contributed by atoms with Crippen LogP contribution in [0.25, 0.3) is 0 Å². The summed E-state index contributed by atoms with van der Waals surface area (Å²) in [6.45, 7) is 8.85. The lowest BCUT2D eigenvalue weighted by Gasteiger charge is -2.42. The Labute approximate surface area is 163 Å². The maximum Gasteiger partial charge on any atom is 0.210 e. The van der Waals surface area contributed by atoms with E-state index in [4.69, 9.17) is 5.26 Å². The quantitative estimate of drug-likeness (QED) is 0.588. The van der Waals surface area contributed by atoms with Crippen LogP contribution in [0.4, 0.5) is 10.1 Å². The molecule has 0 aromatic heterocycles. The number of hydrogen-bond acceptors (Lipinski definition) is 3. The lowest BCUT2D eigenvalue weighted by Crippen LogP contribution is -2.48. The van der Waals surface area contributed by atoms with Crippen LogP contribution in [0.3, 0.4) is 0 Å². The predicted molar refractivity (Wildman–Crippen MR) is 107 cm³/mol. The third-order valence-electron chi connectivity index (χ3n) is 6.43. The largest absolute Gasteiger partial charge is 0.369 e. The number of carbonyl (C=O) groups excluding carboxylic acids is 1. The van der Waals surface area contributed by atoms with Crippen LogP contribution >= 0.6 is 0 Å². The smallest absolute Gasteiger partial charge is 0.210 e. The van der Waals surface area contributed by atoms with E-state index in [0.717, 1.165) is 64.6 Å². The Balaban J connectivity index is 2.02. The monoisotopic (exact) mass is 373 g/mol. The molecule has 0 bridgehead atoms. The van der Waals surface area contributed by atoms with Crippen molar-refractivity contribution in [2.45, 2.75) is 64.8 Å². The third-order valence-corrected chi connectivity index (χ3v) is 6.43. The van der Waals surface area contributed by atoms with Crippen molar-refractivity contribution in [2.75, 3.05) is 24.5 Å². The van der Waals surface area contributed by atoms with E-state index >= 15 is 0 Å². The van der Waals surface area contributed by atoms with Gasteiger partial charge in [-0.15, -0.1) is 0 Å². The number of carbonyl (C=O) groups is 1. The van der Waals surface area contributed by atoms with Crippen LogP contribution in [0, 0.1) is 23.1 Å². The van der Waals surface area contributed by atoms with Crippen molar-refractivity contribution in [2.24, 2.45) is 5.92 Å². The first kappa shape index (κ1) is 21.2. The van der Waals surface area contributed by atoms with E-state index < -0.39 is 0 Å². The molecular weight excluding hydrogens is 341 g/mol. The summed E-state index contributed by atoms with van der Waals surface area (Å²) < 4.78 is 14.4. The summed E-state index contributed by atoms with van der Waals surface area (Å²) in [5, 5.41) is 8.91. The van der Waals surface area contributed by atoms with Crippen molar-refractivity contribution in [3.63, 3.8) is 0 Å². The van der Waals surface area contributed by atoms with E-state index in [1.165, 1.54) is 6.07 Å². The summed E-state index contributed by atoms with van der Waals surface area (Å²) in [7, 11) is 0. The number of nitrogens with zero attached hydrogens (tertiary/aromatic N) is 3. The standard InChI is InChI=1S/C22H32FN3O/c1-4-22(5-2,6-3)26(17-27)13-11-18-8-7-12-25(16-18)21-10-9-19(15-24)14-20(21)23/h9-10,14,17-18H,4-8,11-13,16H2,1-3H3. The summed E-state index contributed by atoms with van der Waals surface area (Å²) in [6, 6.07) is 6.68. The van der Waals surface area contributed by atoms with Gasteiger partial charge >= 0.3 is 0 Å². The second kappa shape index (κ2) is 9.73. The van der Waals surface area contributed by atoms with Crippen molar-refractivity contribution in [3.8, 4) is 6.07 Å². The van der Waals surface area contributed by atoms with Gasteiger partial charge in [0.05, 0.1) is 17.3 Å². The molecule has 1 atom stereocenters. The average Bonchev–Trinajstić information content (AvgIpc) is 2.71. The molecule has 4 nitrogen and oxygen atoms in total. The number of benzene rings is 1. The van der Waals surface area contributed by atoms with Crippen molar-refractivity contribution >= 4 is 12.1 Å². The van der Waals surface area contributed by atoms with Gasteiger partial charge in [0.2, 0.25) is 6.41 Å². The fourth-order valence-corrected chi connectivity index (χ4v) is 4.44. The van der Waals surface area contributed by atoms with Gasteiger partial charge < -0.3 is 9.80 Å². The van der Waals surface area contributed by atoms with E-state index in [0.29, 0.717) is 17.2 Å². The van der Waals surface area contributed by atoms with Gasteiger partial charge in [-0.2, -0.15) is 5.26 Å². The third kappa shape index (κ3) is 4.80. The highest BCUT2D eigenvalue weighted by Crippen LogP contribution is 2.30. The second-order valence-electron chi connectivity index (χ2n) is 7.60. The molecule has 1 aliphatic rings. The molecule has 0 saturated carbocycles. The first-order valence-corrected chi connectivity index (χ1v) is 10.2. The lowest BCUT2D eigenvalue weighted by atomic mass is 9.87. The second-order valence-corrected chi connectivity index (χ2v) is 7.60. The molecule has 1 aromatic rings. The Kier molecular flexibility index (Phi) is 7.65. The number of halogens is 1. The molecule has 1 aromatic carbocycles. The summed E-state index contributed by atoms with van der Waals surface area (Å²) in [5.74, 6) is 0.116. The lowest BCUT2D eigenvalue weighted by molar-refractivity contribution is -0.125. The summed E-state index contributed by atoms with van der Waals surface area (Å²) in [4.78, 5) is 15.8. The molecule has 27 heavy (non-hydrogen) atoms. The fraction of sp³-hybridized carbons (Fsp3) is 0.636. The number of piperidine rings is 1.